The molecule has 0 saturated carbocycles. The number of carbonyl (C=O) groups is 4. The van der Waals surface area contributed by atoms with Crippen molar-refractivity contribution >= 4 is 23.7 Å². The lowest BCUT2D eigenvalue weighted by Crippen LogP contribution is -2.58. The highest BCUT2D eigenvalue weighted by atomic mass is 16.4. The first-order valence-electron chi connectivity index (χ1n) is 10.1. The number of aliphatic hydroxyl groups is 2. The van der Waals surface area contributed by atoms with Gasteiger partial charge in [0.1, 0.15) is 18.1 Å². The van der Waals surface area contributed by atoms with E-state index in [2.05, 4.69) is 10.6 Å². The van der Waals surface area contributed by atoms with Gasteiger partial charge in [-0.25, -0.2) is 4.79 Å². The fourth-order valence-electron chi connectivity index (χ4n) is 3.32. The summed E-state index contributed by atoms with van der Waals surface area (Å²) < 4.78 is 0. The molecule has 1 heterocycles. The topological polar surface area (TPSA) is 182 Å². The molecule has 1 aliphatic rings. The molecule has 11 nitrogen and oxygen atoms in total. The van der Waals surface area contributed by atoms with E-state index in [1.165, 1.54) is 18.7 Å². The van der Waals surface area contributed by atoms with Crippen LogP contribution in [0.4, 0.5) is 0 Å². The molecule has 0 aliphatic carbocycles. The summed E-state index contributed by atoms with van der Waals surface area (Å²) in [6, 6.07) is -4.55. The highest BCUT2D eigenvalue weighted by molar-refractivity contribution is 5.94. The maximum Gasteiger partial charge on any atom is 0.328 e. The molecule has 3 amide bonds. The largest absolute Gasteiger partial charge is 0.480 e. The summed E-state index contributed by atoms with van der Waals surface area (Å²) in [6.07, 6.45) is -1.25. The first-order chi connectivity index (χ1) is 13.9. The number of amides is 3. The first-order valence-corrected chi connectivity index (χ1v) is 10.1. The maximum atomic E-state index is 13.1. The van der Waals surface area contributed by atoms with Gasteiger partial charge in [-0.15, -0.1) is 0 Å². The van der Waals surface area contributed by atoms with Crippen LogP contribution in [0.15, 0.2) is 0 Å². The smallest absolute Gasteiger partial charge is 0.328 e. The number of aliphatic hydroxyl groups excluding tert-OH is 2. The Hall–Kier alpha value is -2.24. The van der Waals surface area contributed by atoms with Gasteiger partial charge < -0.3 is 36.6 Å². The standard InChI is InChI=1S/C19H34N4O7/c1-9(2)8-12(21-17(27)14(20)10(3)24)18(28)23-7-5-6-13(23)16(26)22-15(11(4)25)19(29)30/h9-15,24-25H,5-8,20H2,1-4H3,(H,21,27)(H,22,26)(H,29,30)/t10-,11-,12+,13+,14+,15+/m1/s1. The number of rotatable bonds is 10. The Kier molecular flexibility index (Phi) is 9.66. The summed E-state index contributed by atoms with van der Waals surface area (Å²) in [4.78, 5) is 50.6. The van der Waals surface area contributed by atoms with Crippen LogP contribution in [-0.4, -0.2) is 86.8 Å². The second-order valence-corrected chi connectivity index (χ2v) is 8.21. The molecule has 30 heavy (non-hydrogen) atoms. The number of aliphatic carboxylic acids is 1. The number of hydrogen-bond donors (Lipinski definition) is 6. The minimum Gasteiger partial charge on any atom is -0.480 e. The number of carbonyl (C=O) groups excluding carboxylic acids is 3. The van der Waals surface area contributed by atoms with E-state index in [0.29, 0.717) is 19.3 Å². The van der Waals surface area contributed by atoms with E-state index in [4.69, 9.17) is 10.8 Å². The number of nitrogens with two attached hydrogens (primary N) is 1. The molecular weight excluding hydrogens is 396 g/mol. The van der Waals surface area contributed by atoms with Crippen molar-refractivity contribution in [3.63, 3.8) is 0 Å². The van der Waals surface area contributed by atoms with Crippen molar-refractivity contribution in [2.75, 3.05) is 6.54 Å². The van der Waals surface area contributed by atoms with Crippen LogP contribution >= 0.6 is 0 Å². The van der Waals surface area contributed by atoms with Crippen LogP contribution in [-0.2, 0) is 19.2 Å². The Labute approximate surface area is 176 Å². The van der Waals surface area contributed by atoms with E-state index >= 15 is 0 Å². The minimum absolute atomic E-state index is 0.0449. The summed E-state index contributed by atoms with van der Waals surface area (Å²) in [5.74, 6) is -3.17. The fraction of sp³-hybridized carbons (Fsp3) is 0.789. The predicted molar refractivity (Wildman–Crippen MR) is 107 cm³/mol. The van der Waals surface area contributed by atoms with Gasteiger partial charge in [-0.3, -0.25) is 14.4 Å². The molecule has 1 aliphatic heterocycles. The van der Waals surface area contributed by atoms with Crippen LogP contribution < -0.4 is 16.4 Å². The third kappa shape index (κ3) is 6.92. The molecule has 0 aromatic carbocycles. The van der Waals surface area contributed by atoms with E-state index in [1.807, 2.05) is 13.8 Å². The monoisotopic (exact) mass is 430 g/mol. The molecule has 0 unspecified atom stereocenters. The number of nitrogens with zero attached hydrogens (tertiary/aromatic N) is 1. The lowest BCUT2D eigenvalue weighted by atomic mass is 10.0. The Morgan fingerprint density at radius 3 is 2.13 bits per heavy atom. The number of carboxylic acids is 1. The van der Waals surface area contributed by atoms with Gasteiger partial charge in [0.15, 0.2) is 6.04 Å². The predicted octanol–water partition coefficient (Wildman–Crippen LogP) is -1.83. The summed E-state index contributed by atoms with van der Waals surface area (Å²) in [5.41, 5.74) is 5.65. The van der Waals surface area contributed by atoms with Gasteiger partial charge in [-0.1, -0.05) is 13.8 Å². The average molecular weight is 431 g/mol. The number of nitrogens with one attached hydrogen (secondary N) is 2. The molecular formula is C19H34N4O7. The van der Waals surface area contributed by atoms with E-state index < -0.39 is 60.1 Å². The number of hydrogen-bond acceptors (Lipinski definition) is 7. The van der Waals surface area contributed by atoms with Crippen molar-refractivity contribution in [1.29, 1.82) is 0 Å². The zero-order valence-electron chi connectivity index (χ0n) is 17.9. The second kappa shape index (κ2) is 11.2. The van der Waals surface area contributed by atoms with Crippen molar-refractivity contribution < 1.29 is 34.5 Å². The second-order valence-electron chi connectivity index (χ2n) is 8.21. The van der Waals surface area contributed by atoms with Crippen LogP contribution in [0.25, 0.3) is 0 Å². The Bertz CT molecular complexity index is 638. The van der Waals surface area contributed by atoms with Crippen molar-refractivity contribution in [2.45, 2.75) is 83.3 Å². The van der Waals surface area contributed by atoms with E-state index in [0.717, 1.165) is 0 Å². The van der Waals surface area contributed by atoms with E-state index in [9.17, 15) is 29.4 Å². The Balaban J connectivity index is 2.97. The molecule has 1 saturated heterocycles. The maximum absolute atomic E-state index is 13.1. The molecule has 0 spiro atoms. The van der Waals surface area contributed by atoms with Gasteiger partial charge in [0.05, 0.1) is 12.2 Å². The molecule has 7 N–H and O–H groups in total. The van der Waals surface area contributed by atoms with Crippen LogP contribution in [0.1, 0.15) is 47.0 Å². The number of carboxylic acid groups (broad SMARTS) is 1. The molecule has 172 valence electrons. The van der Waals surface area contributed by atoms with Crippen molar-refractivity contribution in [2.24, 2.45) is 11.7 Å². The Morgan fingerprint density at radius 2 is 1.67 bits per heavy atom. The van der Waals surface area contributed by atoms with E-state index in [-0.39, 0.29) is 12.5 Å². The molecule has 0 bridgehead atoms. The summed E-state index contributed by atoms with van der Waals surface area (Å²) in [5, 5.41) is 33.1. The lowest BCUT2D eigenvalue weighted by Gasteiger charge is -2.31. The minimum atomic E-state index is -1.50. The quantitative estimate of drug-likeness (QED) is 0.234. The third-order valence-electron chi connectivity index (χ3n) is 5.03. The highest BCUT2D eigenvalue weighted by Gasteiger charge is 2.40. The van der Waals surface area contributed by atoms with Crippen molar-refractivity contribution in [3.05, 3.63) is 0 Å². The van der Waals surface area contributed by atoms with Gasteiger partial charge in [-0.2, -0.15) is 0 Å². The van der Waals surface area contributed by atoms with Crippen LogP contribution in [0, 0.1) is 5.92 Å². The van der Waals surface area contributed by atoms with Gasteiger partial charge in [0.25, 0.3) is 0 Å². The van der Waals surface area contributed by atoms with Gasteiger partial charge in [0.2, 0.25) is 17.7 Å². The molecule has 1 fully saturated rings. The van der Waals surface area contributed by atoms with Crippen LogP contribution in [0.5, 0.6) is 0 Å². The van der Waals surface area contributed by atoms with E-state index in [1.54, 1.807) is 0 Å². The van der Waals surface area contributed by atoms with Crippen LogP contribution in [0.2, 0.25) is 0 Å². The fourth-order valence-corrected chi connectivity index (χ4v) is 3.32. The van der Waals surface area contributed by atoms with Gasteiger partial charge in [-0.05, 0) is 39.0 Å². The summed E-state index contributed by atoms with van der Waals surface area (Å²) in [7, 11) is 0. The highest BCUT2D eigenvalue weighted by Crippen LogP contribution is 2.21. The van der Waals surface area contributed by atoms with Crippen LogP contribution in [0.3, 0.4) is 0 Å². The van der Waals surface area contributed by atoms with Gasteiger partial charge >= 0.3 is 5.97 Å². The third-order valence-corrected chi connectivity index (χ3v) is 5.03. The zero-order valence-corrected chi connectivity index (χ0v) is 17.9. The van der Waals surface area contributed by atoms with Gasteiger partial charge in [0, 0.05) is 6.54 Å². The Morgan fingerprint density at radius 1 is 1.07 bits per heavy atom. The molecule has 0 aromatic heterocycles. The molecule has 11 heteroatoms. The summed E-state index contributed by atoms with van der Waals surface area (Å²) in [6.45, 7) is 6.63. The average Bonchev–Trinajstić information content (AvgIpc) is 3.12. The zero-order chi connectivity index (χ0) is 23.2. The molecule has 0 aromatic rings. The molecule has 0 radical (unpaired) electrons. The molecule has 6 atom stereocenters. The van der Waals surface area contributed by atoms with Crippen molar-refractivity contribution in [3.8, 4) is 0 Å². The number of likely N-dealkylation sites (tertiary alicyclic amines) is 1. The molecule has 1 rings (SSSR count). The SMILES string of the molecule is CC(C)C[C@H](NC(=O)[C@@H](N)[C@@H](C)O)C(=O)N1CCC[C@H]1C(=O)N[C@H](C(=O)O)[C@@H](C)O. The normalized spacial score (nSPS) is 21.5. The van der Waals surface area contributed by atoms with Crippen molar-refractivity contribution in [1.82, 2.24) is 15.5 Å². The summed E-state index contributed by atoms with van der Waals surface area (Å²) >= 11 is 0. The first kappa shape index (κ1) is 25.8. The lowest BCUT2D eigenvalue weighted by molar-refractivity contribution is -0.147.